The molecule has 2 heterocycles. The standard InChI is InChI=1S/C23H31N3O3S/c1-17-4-6-21(14-18(17)2)30(27,28)24-16-23(26-10-12-29-13-11-26)19-5-7-22-20(15-19)8-9-25(22)3/h4-7,14-15,23-24H,8-13,16H2,1-3H3. The maximum Gasteiger partial charge on any atom is 0.240 e. The summed E-state index contributed by atoms with van der Waals surface area (Å²) < 4.78 is 34.4. The van der Waals surface area contributed by atoms with E-state index in [-0.39, 0.29) is 6.04 Å². The monoisotopic (exact) mass is 429 g/mol. The number of aryl methyl sites for hydroxylation is 2. The largest absolute Gasteiger partial charge is 0.379 e. The van der Waals surface area contributed by atoms with Gasteiger partial charge in [0.25, 0.3) is 0 Å². The molecule has 2 aliphatic rings. The molecule has 1 atom stereocenters. The van der Waals surface area contributed by atoms with E-state index in [0.717, 1.165) is 42.7 Å². The highest BCUT2D eigenvalue weighted by atomic mass is 32.2. The zero-order valence-electron chi connectivity index (χ0n) is 18.0. The van der Waals surface area contributed by atoms with Gasteiger partial charge in [-0.25, -0.2) is 13.1 Å². The molecule has 0 radical (unpaired) electrons. The second-order valence-electron chi connectivity index (χ2n) is 8.32. The number of nitrogens with one attached hydrogen (secondary N) is 1. The molecule has 2 aromatic rings. The van der Waals surface area contributed by atoms with Crippen LogP contribution in [0.1, 0.15) is 28.3 Å². The number of fused-ring (bicyclic) bond motifs is 1. The third kappa shape index (κ3) is 4.39. The Morgan fingerprint density at radius 2 is 1.80 bits per heavy atom. The van der Waals surface area contributed by atoms with Crippen LogP contribution in [0.25, 0.3) is 0 Å². The quantitative estimate of drug-likeness (QED) is 0.765. The van der Waals surface area contributed by atoms with E-state index in [1.54, 1.807) is 12.1 Å². The fourth-order valence-corrected chi connectivity index (χ4v) is 5.42. The zero-order valence-corrected chi connectivity index (χ0v) is 18.8. The average Bonchev–Trinajstić information content (AvgIpc) is 3.11. The third-order valence-electron chi connectivity index (χ3n) is 6.36. The Bertz CT molecular complexity index is 1020. The number of hydrogen-bond donors (Lipinski definition) is 1. The van der Waals surface area contributed by atoms with Crippen molar-refractivity contribution in [2.45, 2.75) is 31.2 Å². The topological polar surface area (TPSA) is 61.9 Å². The molecule has 2 aliphatic heterocycles. The highest BCUT2D eigenvalue weighted by Crippen LogP contribution is 2.31. The maximum absolute atomic E-state index is 13.0. The second-order valence-corrected chi connectivity index (χ2v) is 10.1. The Labute approximate surface area is 179 Å². The predicted molar refractivity (Wildman–Crippen MR) is 120 cm³/mol. The molecule has 0 saturated carbocycles. The molecule has 0 spiro atoms. The fraction of sp³-hybridized carbons (Fsp3) is 0.478. The molecule has 0 aromatic heterocycles. The summed E-state index contributed by atoms with van der Waals surface area (Å²) in [5.41, 5.74) is 5.84. The molecule has 1 N–H and O–H groups in total. The van der Waals surface area contributed by atoms with Crippen LogP contribution < -0.4 is 9.62 Å². The van der Waals surface area contributed by atoms with Gasteiger partial charge in [0.05, 0.1) is 18.1 Å². The summed E-state index contributed by atoms with van der Waals surface area (Å²) in [5.74, 6) is 0. The number of morpholine rings is 1. The van der Waals surface area contributed by atoms with Crippen LogP contribution in [0.15, 0.2) is 41.3 Å². The summed E-state index contributed by atoms with van der Waals surface area (Å²) in [7, 11) is -1.46. The van der Waals surface area contributed by atoms with Crippen LogP contribution in [0.2, 0.25) is 0 Å². The van der Waals surface area contributed by atoms with E-state index in [2.05, 4.69) is 39.8 Å². The van der Waals surface area contributed by atoms with Gasteiger partial charge in [-0.15, -0.1) is 0 Å². The summed E-state index contributed by atoms with van der Waals surface area (Å²) in [5, 5.41) is 0. The molecule has 162 valence electrons. The van der Waals surface area contributed by atoms with Crippen LogP contribution in [0, 0.1) is 13.8 Å². The van der Waals surface area contributed by atoms with E-state index in [4.69, 9.17) is 4.74 Å². The summed E-state index contributed by atoms with van der Waals surface area (Å²) in [6.07, 6.45) is 1.03. The van der Waals surface area contributed by atoms with Gasteiger partial charge < -0.3 is 9.64 Å². The van der Waals surface area contributed by atoms with Crippen molar-refractivity contribution >= 4 is 15.7 Å². The summed E-state index contributed by atoms with van der Waals surface area (Å²) >= 11 is 0. The van der Waals surface area contributed by atoms with Crippen LogP contribution in [-0.4, -0.2) is 59.8 Å². The van der Waals surface area contributed by atoms with Crippen molar-refractivity contribution in [3.8, 4) is 0 Å². The van der Waals surface area contributed by atoms with Crippen LogP contribution in [0.4, 0.5) is 5.69 Å². The number of likely N-dealkylation sites (N-methyl/N-ethyl adjacent to an activating group) is 1. The molecule has 4 rings (SSSR count). The van der Waals surface area contributed by atoms with Crippen molar-refractivity contribution in [2.75, 3.05) is 51.3 Å². The Morgan fingerprint density at radius 1 is 1.03 bits per heavy atom. The molecule has 0 amide bonds. The number of benzene rings is 2. The molecule has 6 nitrogen and oxygen atoms in total. The number of anilines is 1. The Kier molecular flexibility index (Phi) is 6.16. The molecule has 0 bridgehead atoms. The van der Waals surface area contributed by atoms with E-state index in [1.807, 2.05) is 19.9 Å². The summed E-state index contributed by atoms with van der Waals surface area (Å²) in [4.78, 5) is 4.92. The number of hydrogen-bond acceptors (Lipinski definition) is 5. The molecule has 2 aromatic carbocycles. The molecule has 30 heavy (non-hydrogen) atoms. The average molecular weight is 430 g/mol. The lowest BCUT2D eigenvalue weighted by Gasteiger charge is -2.35. The lowest BCUT2D eigenvalue weighted by Crippen LogP contribution is -2.43. The van der Waals surface area contributed by atoms with Crippen molar-refractivity contribution in [3.05, 3.63) is 58.7 Å². The van der Waals surface area contributed by atoms with E-state index in [9.17, 15) is 8.42 Å². The predicted octanol–water partition coefficient (Wildman–Crippen LogP) is 2.65. The van der Waals surface area contributed by atoms with Gasteiger partial charge in [-0.05, 0) is 60.7 Å². The minimum absolute atomic E-state index is 0.0218. The molecular formula is C23H31N3O3S. The van der Waals surface area contributed by atoms with Gasteiger partial charge in [0.1, 0.15) is 0 Å². The van der Waals surface area contributed by atoms with Crippen LogP contribution in [0.3, 0.4) is 0 Å². The van der Waals surface area contributed by atoms with Gasteiger partial charge in [0.15, 0.2) is 0 Å². The smallest absolute Gasteiger partial charge is 0.240 e. The molecule has 1 saturated heterocycles. The summed E-state index contributed by atoms with van der Waals surface area (Å²) in [6.45, 7) is 8.23. The lowest BCUT2D eigenvalue weighted by atomic mass is 10.0. The molecule has 1 unspecified atom stereocenters. The van der Waals surface area contributed by atoms with Crippen molar-refractivity contribution in [1.29, 1.82) is 0 Å². The highest BCUT2D eigenvalue weighted by molar-refractivity contribution is 7.89. The number of sulfonamides is 1. The highest BCUT2D eigenvalue weighted by Gasteiger charge is 2.27. The first kappa shape index (κ1) is 21.3. The van der Waals surface area contributed by atoms with Gasteiger partial charge in [0.2, 0.25) is 10.0 Å². The first-order valence-corrected chi connectivity index (χ1v) is 12.1. The zero-order chi connectivity index (χ0) is 21.3. The SMILES string of the molecule is Cc1ccc(S(=O)(=O)NCC(c2ccc3c(c2)CCN3C)N2CCOCC2)cc1C. The lowest BCUT2D eigenvalue weighted by molar-refractivity contribution is 0.0172. The Hall–Kier alpha value is -1.93. The van der Waals surface area contributed by atoms with E-state index in [1.165, 1.54) is 11.3 Å². The third-order valence-corrected chi connectivity index (χ3v) is 7.78. The fourth-order valence-electron chi connectivity index (χ4n) is 4.29. The second kappa shape index (κ2) is 8.67. The number of nitrogens with zero attached hydrogens (tertiary/aromatic N) is 2. The van der Waals surface area contributed by atoms with E-state index >= 15 is 0 Å². The van der Waals surface area contributed by atoms with Crippen molar-refractivity contribution in [3.63, 3.8) is 0 Å². The Morgan fingerprint density at radius 3 is 2.53 bits per heavy atom. The summed E-state index contributed by atoms with van der Waals surface area (Å²) in [6, 6.07) is 11.8. The van der Waals surface area contributed by atoms with Gasteiger partial charge >= 0.3 is 0 Å². The minimum Gasteiger partial charge on any atom is -0.379 e. The van der Waals surface area contributed by atoms with Crippen LogP contribution in [-0.2, 0) is 21.2 Å². The molecule has 1 fully saturated rings. The van der Waals surface area contributed by atoms with Gasteiger partial charge in [0, 0.05) is 45.0 Å². The van der Waals surface area contributed by atoms with Crippen molar-refractivity contribution in [1.82, 2.24) is 9.62 Å². The number of rotatable bonds is 6. The van der Waals surface area contributed by atoms with E-state index < -0.39 is 10.0 Å². The first-order valence-electron chi connectivity index (χ1n) is 10.6. The molecule has 0 aliphatic carbocycles. The van der Waals surface area contributed by atoms with Gasteiger partial charge in [-0.2, -0.15) is 0 Å². The molecular weight excluding hydrogens is 398 g/mol. The minimum atomic E-state index is -3.58. The van der Waals surface area contributed by atoms with Gasteiger partial charge in [-0.1, -0.05) is 18.2 Å². The normalized spacial score (nSPS) is 18.4. The van der Waals surface area contributed by atoms with Crippen LogP contribution >= 0.6 is 0 Å². The van der Waals surface area contributed by atoms with Crippen molar-refractivity contribution < 1.29 is 13.2 Å². The molecule has 7 heteroatoms. The van der Waals surface area contributed by atoms with Gasteiger partial charge in [-0.3, -0.25) is 4.90 Å². The first-order chi connectivity index (χ1) is 14.3. The van der Waals surface area contributed by atoms with Crippen LogP contribution in [0.5, 0.6) is 0 Å². The Balaban J connectivity index is 1.58. The van der Waals surface area contributed by atoms with Crippen molar-refractivity contribution in [2.24, 2.45) is 0 Å². The van der Waals surface area contributed by atoms with E-state index in [0.29, 0.717) is 24.7 Å². The number of ether oxygens (including phenoxy) is 1. The maximum atomic E-state index is 13.0.